The van der Waals surface area contributed by atoms with E-state index in [2.05, 4.69) is 31.8 Å². The normalized spacial score (nSPS) is 11.1. The first-order chi connectivity index (χ1) is 16.8. The first kappa shape index (κ1) is 25.4. The van der Waals surface area contributed by atoms with E-state index in [9.17, 15) is 18.0 Å². The number of nitrogens with zero attached hydrogens (tertiary/aromatic N) is 2. The Morgan fingerprint density at radius 2 is 1.83 bits per heavy atom. The number of carboxylic acid groups (broad SMARTS) is 1. The zero-order valence-electron chi connectivity index (χ0n) is 18.3. The average Bonchev–Trinajstić information content (AvgIpc) is 3.49. The quantitative estimate of drug-likeness (QED) is 0.277. The highest BCUT2D eigenvalue weighted by Crippen LogP contribution is 2.19. The largest absolute Gasteiger partial charge is 0.490 e. The van der Waals surface area contributed by atoms with E-state index in [1.165, 1.54) is 5.56 Å². The van der Waals surface area contributed by atoms with Gasteiger partial charge in [0.1, 0.15) is 5.65 Å². The van der Waals surface area contributed by atoms with Gasteiger partial charge < -0.3 is 25.2 Å². The summed E-state index contributed by atoms with van der Waals surface area (Å²) in [6.07, 6.45) is -0.520. The second-order valence-electron chi connectivity index (χ2n) is 7.25. The van der Waals surface area contributed by atoms with Crippen LogP contribution in [0.2, 0.25) is 0 Å². The second-order valence-corrected chi connectivity index (χ2v) is 7.25. The molecule has 0 fully saturated rings. The van der Waals surface area contributed by atoms with Gasteiger partial charge in [0, 0.05) is 42.5 Å². The van der Waals surface area contributed by atoms with E-state index >= 15 is 0 Å². The lowest BCUT2D eigenvalue weighted by Crippen LogP contribution is -2.27. The summed E-state index contributed by atoms with van der Waals surface area (Å²) in [7, 11) is 0. The fraction of sp³-hybridized carbons (Fsp3) is 0.217. The van der Waals surface area contributed by atoms with E-state index in [0.29, 0.717) is 12.3 Å². The van der Waals surface area contributed by atoms with Crippen LogP contribution in [0.4, 0.5) is 13.2 Å². The fourth-order valence-electron chi connectivity index (χ4n) is 3.01. The summed E-state index contributed by atoms with van der Waals surface area (Å²) in [6, 6.07) is 15.2. The summed E-state index contributed by atoms with van der Waals surface area (Å²) in [5.74, 6) is -2.40. The highest BCUT2D eigenvalue weighted by atomic mass is 19.4. The minimum Gasteiger partial charge on any atom is -0.475 e. The maximum Gasteiger partial charge on any atom is 0.490 e. The molecule has 0 saturated heterocycles. The molecule has 3 heterocycles. The summed E-state index contributed by atoms with van der Waals surface area (Å²) in [5.41, 5.74) is 3.26. The van der Waals surface area contributed by atoms with Crippen molar-refractivity contribution in [3.63, 3.8) is 0 Å². The predicted molar refractivity (Wildman–Crippen MR) is 120 cm³/mol. The van der Waals surface area contributed by atoms with Crippen molar-refractivity contribution in [1.82, 2.24) is 25.8 Å². The Morgan fingerprint density at radius 3 is 2.54 bits per heavy atom. The molecule has 0 aliphatic heterocycles. The zero-order valence-corrected chi connectivity index (χ0v) is 18.3. The van der Waals surface area contributed by atoms with Gasteiger partial charge in [-0.2, -0.15) is 13.2 Å². The van der Waals surface area contributed by atoms with Crippen LogP contribution in [-0.2, 0) is 11.3 Å². The van der Waals surface area contributed by atoms with Crippen molar-refractivity contribution < 1.29 is 32.4 Å². The standard InChI is InChI=1S/C21H21N5O2.C2HF3O2/c27-21(18-12-19(28-26-18)15-6-2-1-3-7-15)24-11-5-9-22-13-16-14-25-20-17(16)8-4-10-23-20;3-2(4,5)1(6)7/h1-4,6-8,10,12,14,22H,5,9,11,13H2,(H,23,25)(H,24,27);(H,6,7). The van der Waals surface area contributed by atoms with E-state index < -0.39 is 12.1 Å². The summed E-state index contributed by atoms with van der Waals surface area (Å²) in [4.78, 5) is 28.5. The molecule has 3 aromatic heterocycles. The number of hydrogen-bond donors (Lipinski definition) is 4. The number of benzene rings is 1. The summed E-state index contributed by atoms with van der Waals surface area (Å²) >= 11 is 0. The molecule has 4 N–H and O–H groups in total. The van der Waals surface area contributed by atoms with E-state index in [-0.39, 0.29) is 11.6 Å². The first-order valence-electron chi connectivity index (χ1n) is 10.5. The number of hydrogen-bond acceptors (Lipinski definition) is 6. The minimum absolute atomic E-state index is 0.228. The number of amides is 1. The number of aromatic nitrogens is 3. The number of pyridine rings is 1. The Bertz CT molecular complexity index is 1250. The number of aliphatic carboxylic acids is 1. The number of rotatable bonds is 8. The van der Waals surface area contributed by atoms with Crippen LogP contribution in [0.5, 0.6) is 0 Å². The minimum atomic E-state index is -5.08. The Kier molecular flexibility index (Phi) is 8.57. The van der Waals surface area contributed by atoms with Crippen LogP contribution in [0.15, 0.2) is 65.4 Å². The second kappa shape index (κ2) is 11.8. The van der Waals surface area contributed by atoms with Crippen molar-refractivity contribution in [3.8, 4) is 11.3 Å². The van der Waals surface area contributed by atoms with Gasteiger partial charge in [-0.1, -0.05) is 35.5 Å². The monoisotopic (exact) mass is 489 g/mol. The third-order valence-electron chi connectivity index (χ3n) is 4.71. The molecule has 1 aromatic carbocycles. The number of H-pyrrole nitrogens is 1. The number of carbonyl (C=O) groups excluding carboxylic acids is 1. The van der Waals surface area contributed by atoms with Gasteiger partial charge in [-0.25, -0.2) is 9.78 Å². The third kappa shape index (κ3) is 7.40. The molecule has 9 nitrogen and oxygen atoms in total. The maximum atomic E-state index is 12.2. The SMILES string of the molecule is O=C(NCCCNCc1c[nH]c2ncccc12)c1cc(-c2ccccc2)on1.O=C(O)C(F)(F)F. The molecule has 35 heavy (non-hydrogen) atoms. The lowest BCUT2D eigenvalue weighted by atomic mass is 10.1. The molecule has 0 atom stereocenters. The van der Waals surface area contributed by atoms with Crippen LogP contribution in [0.1, 0.15) is 22.5 Å². The van der Waals surface area contributed by atoms with Crippen LogP contribution in [0.25, 0.3) is 22.4 Å². The van der Waals surface area contributed by atoms with Crippen molar-refractivity contribution in [3.05, 3.63) is 72.2 Å². The van der Waals surface area contributed by atoms with Gasteiger partial charge in [-0.15, -0.1) is 0 Å². The first-order valence-corrected chi connectivity index (χ1v) is 10.5. The molecule has 0 bridgehead atoms. The number of alkyl halides is 3. The Labute approximate surface area is 197 Å². The van der Waals surface area contributed by atoms with Crippen LogP contribution < -0.4 is 10.6 Å². The molecule has 0 unspecified atom stereocenters. The van der Waals surface area contributed by atoms with E-state index in [0.717, 1.165) is 36.1 Å². The highest BCUT2D eigenvalue weighted by Gasteiger charge is 2.38. The average molecular weight is 489 g/mol. The van der Waals surface area contributed by atoms with Crippen molar-refractivity contribution >= 4 is 22.9 Å². The van der Waals surface area contributed by atoms with Crippen molar-refractivity contribution in [2.45, 2.75) is 19.1 Å². The topological polar surface area (TPSA) is 133 Å². The van der Waals surface area contributed by atoms with Gasteiger partial charge in [0.15, 0.2) is 11.5 Å². The molecule has 184 valence electrons. The summed E-state index contributed by atoms with van der Waals surface area (Å²) in [5, 5.41) is 18.4. The number of carbonyl (C=O) groups is 2. The van der Waals surface area contributed by atoms with Crippen molar-refractivity contribution in [1.29, 1.82) is 0 Å². The fourth-order valence-corrected chi connectivity index (χ4v) is 3.01. The predicted octanol–water partition coefficient (Wildman–Crippen LogP) is 3.76. The maximum absolute atomic E-state index is 12.2. The van der Waals surface area contributed by atoms with E-state index in [1.54, 1.807) is 12.3 Å². The van der Waals surface area contributed by atoms with Crippen LogP contribution in [0, 0.1) is 0 Å². The van der Waals surface area contributed by atoms with Gasteiger partial charge in [0.05, 0.1) is 0 Å². The molecular formula is C23H22F3N5O4. The number of fused-ring (bicyclic) bond motifs is 1. The van der Waals surface area contributed by atoms with Gasteiger partial charge in [-0.05, 0) is 30.7 Å². The Balaban J connectivity index is 0.000000429. The molecule has 4 rings (SSSR count). The molecular weight excluding hydrogens is 467 g/mol. The highest BCUT2D eigenvalue weighted by molar-refractivity contribution is 5.93. The van der Waals surface area contributed by atoms with Crippen molar-refractivity contribution in [2.75, 3.05) is 13.1 Å². The van der Waals surface area contributed by atoms with Crippen LogP contribution in [-0.4, -0.2) is 51.4 Å². The Hall–Kier alpha value is -4.19. The Morgan fingerprint density at radius 1 is 1.09 bits per heavy atom. The lowest BCUT2D eigenvalue weighted by molar-refractivity contribution is -0.192. The van der Waals surface area contributed by atoms with Gasteiger partial charge in [0.25, 0.3) is 5.91 Å². The van der Waals surface area contributed by atoms with Gasteiger partial charge in [-0.3, -0.25) is 4.79 Å². The number of carboxylic acids is 1. The molecule has 0 spiro atoms. The van der Waals surface area contributed by atoms with E-state index in [4.69, 9.17) is 14.4 Å². The van der Waals surface area contributed by atoms with Crippen molar-refractivity contribution in [2.24, 2.45) is 0 Å². The van der Waals surface area contributed by atoms with Gasteiger partial charge in [0.2, 0.25) is 0 Å². The number of aromatic amines is 1. The van der Waals surface area contributed by atoms with Crippen LogP contribution >= 0.6 is 0 Å². The molecule has 0 aliphatic carbocycles. The smallest absolute Gasteiger partial charge is 0.475 e. The summed E-state index contributed by atoms with van der Waals surface area (Å²) in [6.45, 7) is 2.11. The molecule has 4 aromatic rings. The molecule has 0 aliphatic rings. The van der Waals surface area contributed by atoms with Gasteiger partial charge >= 0.3 is 12.1 Å². The molecule has 1 amide bonds. The molecule has 0 radical (unpaired) electrons. The van der Waals surface area contributed by atoms with E-state index in [1.807, 2.05) is 42.6 Å². The number of halogens is 3. The molecule has 0 saturated carbocycles. The lowest BCUT2D eigenvalue weighted by Gasteiger charge is -2.05. The molecule has 12 heteroatoms. The van der Waals surface area contributed by atoms with Crippen LogP contribution in [0.3, 0.4) is 0 Å². The zero-order chi connectivity index (χ0) is 25.3. The summed E-state index contributed by atoms with van der Waals surface area (Å²) < 4.78 is 37.0. The number of nitrogens with one attached hydrogen (secondary N) is 3. The third-order valence-corrected chi connectivity index (χ3v) is 4.71.